The Kier molecular flexibility index (Phi) is 3.23. The van der Waals surface area contributed by atoms with Gasteiger partial charge in [-0.25, -0.2) is 4.79 Å². The topological polar surface area (TPSA) is 43.4 Å². The first-order valence-corrected chi connectivity index (χ1v) is 4.52. The fourth-order valence-corrected chi connectivity index (χ4v) is 1.38. The predicted molar refractivity (Wildman–Crippen MR) is 48.2 cm³/mol. The molecule has 0 aliphatic heterocycles. The van der Waals surface area contributed by atoms with Crippen LogP contribution in [0.25, 0.3) is 0 Å². The number of carbonyl (C=O) groups excluding carboxylic acids is 2. The Bertz CT molecular complexity index is 263. The van der Waals surface area contributed by atoms with Crippen LogP contribution in [0.15, 0.2) is 11.1 Å². The van der Waals surface area contributed by atoms with Gasteiger partial charge in [-0.3, -0.25) is 4.79 Å². The summed E-state index contributed by atoms with van der Waals surface area (Å²) in [6.07, 6.45) is 1.52. The van der Waals surface area contributed by atoms with Gasteiger partial charge in [-0.15, -0.1) is 0 Å². The van der Waals surface area contributed by atoms with Crippen molar-refractivity contribution < 1.29 is 14.3 Å². The minimum atomic E-state index is -0.326. The van der Waals surface area contributed by atoms with Crippen LogP contribution in [0.4, 0.5) is 0 Å². The van der Waals surface area contributed by atoms with Crippen molar-refractivity contribution in [1.82, 2.24) is 0 Å². The Labute approximate surface area is 77.8 Å². The Hall–Kier alpha value is -1.12. The van der Waals surface area contributed by atoms with E-state index in [4.69, 9.17) is 4.74 Å². The zero-order valence-electron chi connectivity index (χ0n) is 8.05. The molecule has 0 unspecified atom stereocenters. The van der Waals surface area contributed by atoms with E-state index < -0.39 is 0 Å². The molecule has 1 aliphatic carbocycles. The van der Waals surface area contributed by atoms with Crippen molar-refractivity contribution in [1.29, 1.82) is 0 Å². The molecule has 0 aromatic carbocycles. The number of hydrogen-bond donors (Lipinski definition) is 0. The maximum Gasteiger partial charge on any atom is 0.334 e. The lowest BCUT2D eigenvalue weighted by Crippen LogP contribution is -2.17. The monoisotopic (exact) mass is 182 g/mol. The highest BCUT2D eigenvalue weighted by Gasteiger charge is 2.21. The predicted octanol–water partition coefficient (Wildman–Crippen LogP) is 1.62. The lowest BCUT2D eigenvalue weighted by atomic mass is 9.92. The van der Waals surface area contributed by atoms with Crippen LogP contribution in [0.3, 0.4) is 0 Å². The molecule has 0 spiro atoms. The van der Waals surface area contributed by atoms with Gasteiger partial charge >= 0.3 is 5.97 Å². The van der Waals surface area contributed by atoms with Crippen LogP contribution in [0.1, 0.15) is 33.1 Å². The van der Waals surface area contributed by atoms with Crippen molar-refractivity contribution in [3.05, 3.63) is 11.1 Å². The van der Waals surface area contributed by atoms with Crippen molar-refractivity contribution in [2.45, 2.75) is 33.1 Å². The maximum absolute atomic E-state index is 11.3. The third-order valence-electron chi connectivity index (χ3n) is 2.19. The smallest absolute Gasteiger partial charge is 0.334 e. The number of allylic oxidation sites excluding steroid dienone is 1. The SMILES string of the molecule is CCOC(=O)C1=C(C)CCC(=O)C1. The normalized spacial score (nSPS) is 17.5. The highest BCUT2D eigenvalue weighted by molar-refractivity contribution is 5.97. The lowest BCUT2D eigenvalue weighted by Gasteiger charge is -2.15. The molecule has 3 nitrogen and oxygen atoms in total. The Morgan fingerprint density at radius 2 is 2.15 bits per heavy atom. The van der Waals surface area contributed by atoms with Crippen molar-refractivity contribution in [2.75, 3.05) is 6.61 Å². The first kappa shape index (κ1) is 9.96. The summed E-state index contributed by atoms with van der Waals surface area (Å²) in [5.74, 6) is -0.193. The molecule has 0 saturated carbocycles. The first-order valence-electron chi connectivity index (χ1n) is 4.52. The molecular weight excluding hydrogens is 168 g/mol. The third-order valence-corrected chi connectivity index (χ3v) is 2.19. The molecule has 0 aromatic rings. The second-order valence-electron chi connectivity index (χ2n) is 3.19. The van der Waals surface area contributed by atoms with Gasteiger partial charge < -0.3 is 4.74 Å². The second-order valence-corrected chi connectivity index (χ2v) is 3.19. The number of ether oxygens (including phenoxy) is 1. The van der Waals surface area contributed by atoms with Crippen LogP contribution in [0, 0.1) is 0 Å². The Balaban J connectivity index is 2.75. The lowest BCUT2D eigenvalue weighted by molar-refractivity contribution is -0.139. The van der Waals surface area contributed by atoms with Crippen LogP contribution < -0.4 is 0 Å². The molecule has 72 valence electrons. The number of Topliss-reactive ketones (excluding diaryl/α,β-unsaturated/α-hetero) is 1. The number of rotatable bonds is 2. The van der Waals surface area contributed by atoms with Gasteiger partial charge in [0.2, 0.25) is 0 Å². The van der Waals surface area contributed by atoms with Gasteiger partial charge in [-0.2, -0.15) is 0 Å². The summed E-state index contributed by atoms with van der Waals surface area (Å²) in [5, 5.41) is 0. The third kappa shape index (κ3) is 2.41. The van der Waals surface area contributed by atoms with Gasteiger partial charge in [-0.1, -0.05) is 5.57 Å². The van der Waals surface area contributed by atoms with Gasteiger partial charge in [0.05, 0.1) is 6.61 Å². The molecule has 1 rings (SSSR count). The average Bonchev–Trinajstić information content (AvgIpc) is 2.09. The van der Waals surface area contributed by atoms with Gasteiger partial charge in [0.15, 0.2) is 0 Å². The van der Waals surface area contributed by atoms with E-state index in [-0.39, 0.29) is 18.2 Å². The molecule has 13 heavy (non-hydrogen) atoms. The summed E-state index contributed by atoms with van der Waals surface area (Å²) in [7, 11) is 0. The molecule has 0 radical (unpaired) electrons. The highest BCUT2D eigenvalue weighted by Crippen LogP contribution is 2.22. The van der Waals surface area contributed by atoms with Crippen LogP contribution in [-0.4, -0.2) is 18.4 Å². The van der Waals surface area contributed by atoms with Crippen molar-refractivity contribution >= 4 is 11.8 Å². The van der Waals surface area contributed by atoms with Crippen molar-refractivity contribution in [2.24, 2.45) is 0 Å². The van der Waals surface area contributed by atoms with Gasteiger partial charge in [0.1, 0.15) is 5.78 Å². The molecule has 0 N–H and O–H groups in total. The van der Waals surface area contributed by atoms with E-state index in [0.29, 0.717) is 25.0 Å². The summed E-state index contributed by atoms with van der Waals surface area (Å²) < 4.78 is 4.85. The quantitative estimate of drug-likeness (QED) is 0.609. The van der Waals surface area contributed by atoms with E-state index in [0.717, 1.165) is 5.57 Å². The van der Waals surface area contributed by atoms with Gasteiger partial charge in [0.25, 0.3) is 0 Å². The standard InChI is InChI=1S/C10H14O3/c1-3-13-10(12)9-6-8(11)5-4-7(9)2/h3-6H2,1-2H3. The summed E-state index contributed by atoms with van der Waals surface area (Å²) in [4.78, 5) is 22.4. The summed E-state index contributed by atoms with van der Waals surface area (Å²) in [5.41, 5.74) is 1.57. The van der Waals surface area contributed by atoms with E-state index in [1.807, 2.05) is 6.92 Å². The molecule has 0 heterocycles. The van der Waals surface area contributed by atoms with Gasteiger partial charge in [-0.05, 0) is 20.3 Å². The van der Waals surface area contributed by atoms with Crippen LogP contribution >= 0.6 is 0 Å². The largest absolute Gasteiger partial charge is 0.463 e. The molecule has 0 fully saturated rings. The zero-order valence-corrected chi connectivity index (χ0v) is 8.05. The summed E-state index contributed by atoms with van der Waals surface area (Å²) in [6, 6.07) is 0. The Morgan fingerprint density at radius 3 is 2.77 bits per heavy atom. The highest BCUT2D eigenvalue weighted by atomic mass is 16.5. The van der Waals surface area contributed by atoms with E-state index >= 15 is 0 Å². The molecule has 0 bridgehead atoms. The van der Waals surface area contributed by atoms with E-state index in [1.165, 1.54) is 0 Å². The van der Waals surface area contributed by atoms with E-state index in [1.54, 1.807) is 6.92 Å². The molecular formula is C10H14O3. The van der Waals surface area contributed by atoms with Gasteiger partial charge in [0, 0.05) is 18.4 Å². The van der Waals surface area contributed by atoms with E-state index in [9.17, 15) is 9.59 Å². The fraction of sp³-hybridized carbons (Fsp3) is 0.600. The number of esters is 1. The van der Waals surface area contributed by atoms with E-state index in [2.05, 4.69) is 0 Å². The first-order chi connectivity index (χ1) is 6.15. The van der Waals surface area contributed by atoms with Crippen LogP contribution in [-0.2, 0) is 14.3 Å². The average molecular weight is 182 g/mol. The molecule has 0 atom stereocenters. The van der Waals surface area contributed by atoms with Crippen molar-refractivity contribution in [3.63, 3.8) is 0 Å². The molecule has 0 saturated heterocycles. The van der Waals surface area contributed by atoms with Crippen LogP contribution in [0.2, 0.25) is 0 Å². The van der Waals surface area contributed by atoms with Crippen LogP contribution in [0.5, 0.6) is 0 Å². The summed E-state index contributed by atoms with van der Waals surface area (Å²) in [6.45, 7) is 4.01. The number of hydrogen-bond acceptors (Lipinski definition) is 3. The minimum Gasteiger partial charge on any atom is -0.463 e. The molecule has 1 aliphatic rings. The number of carbonyl (C=O) groups is 2. The minimum absolute atomic E-state index is 0.133. The zero-order chi connectivity index (χ0) is 9.84. The number of ketones is 1. The second kappa shape index (κ2) is 4.21. The maximum atomic E-state index is 11.3. The molecule has 0 aromatic heterocycles. The molecule has 0 amide bonds. The molecule has 3 heteroatoms. The Morgan fingerprint density at radius 1 is 1.46 bits per heavy atom. The van der Waals surface area contributed by atoms with Crippen molar-refractivity contribution in [3.8, 4) is 0 Å². The fourth-order valence-electron chi connectivity index (χ4n) is 1.38. The summed E-state index contributed by atoms with van der Waals surface area (Å²) >= 11 is 0.